The molecule has 7 heteroatoms. The minimum Gasteiger partial charge on any atom is -0.480 e. The molecule has 1 amide bonds. The zero-order chi connectivity index (χ0) is 16.6. The van der Waals surface area contributed by atoms with E-state index in [1.807, 2.05) is 0 Å². The number of carbonyl (C=O) groups excluding carboxylic acids is 1. The second kappa shape index (κ2) is 5.91. The summed E-state index contributed by atoms with van der Waals surface area (Å²) in [6, 6.07) is 4.19. The smallest absolute Gasteiger partial charge is 0.326 e. The van der Waals surface area contributed by atoms with Crippen molar-refractivity contribution in [3.63, 3.8) is 0 Å². The fourth-order valence-electron chi connectivity index (χ4n) is 3.14. The Balaban J connectivity index is 1.92. The van der Waals surface area contributed by atoms with Gasteiger partial charge in [-0.15, -0.1) is 0 Å². The van der Waals surface area contributed by atoms with Crippen molar-refractivity contribution >= 4 is 22.9 Å². The van der Waals surface area contributed by atoms with Crippen LogP contribution < -0.4 is 11.0 Å². The van der Waals surface area contributed by atoms with E-state index >= 15 is 0 Å². The van der Waals surface area contributed by atoms with E-state index in [9.17, 15) is 14.4 Å². The summed E-state index contributed by atoms with van der Waals surface area (Å²) in [6.07, 6.45) is 4.23. The second-order valence-corrected chi connectivity index (χ2v) is 6.00. The Hall–Kier alpha value is -2.57. The number of nitrogens with one attached hydrogen (secondary N) is 2. The van der Waals surface area contributed by atoms with Crippen LogP contribution in [0, 0.1) is 0 Å². The van der Waals surface area contributed by atoms with Gasteiger partial charge < -0.3 is 15.4 Å². The van der Waals surface area contributed by atoms with Crippen LogP contribution >= 0.6 is 0 Å². The number of carboxylic acids is 1. The number of H-pyrrole nitrogens is 1. The van der Waals surface area contributed by atoms with E-state index in [0.717, 1.165) is 31.2 Å². The average molecular weight is 317 g/mol. The summed E-state index contributed by atoms with van der Waals surface area (Å²) in [7, 11) is 0. The third-order valence-electron chi connectivity index (χ3n) is 4.39. The van der Waals surface area contributed by atoms with Crippen molar-refractivity contribution in [2.45, 2.75) is 44.7 Å². The van der Waals surface area contributed by atoms with Crippen molar-refractivity contribution in [2.75, 3.05) is 0 Å². The molecule has 3 rings (SSSR count). The van der Waals surface area contributed by atoms with Gasteiger partial charge in [-0.25, -0.2) is 4.79 Å². The van der Waals surface area contributed by atoms with Crippen LogP contribution in [0.3, 0.4) is 0 Å². The lowest BCUT2D eigenvalue weighted by atomic mass is 10.1. The Morgan fingerprint density at radius 1 is 1.35 bits per heavy atom. The number of rotatable bonds is 4. The molecule has 122 valence electrons. The number of imidazole rings is 1. The molecular formula is C16H19N3O4. The maximum Gasteiger partial charge on any atom is 0.326 e. The number of aromatic nitrogens is 2. The van der Waals surface area contributed by atoms with Gasteiger partial charge in [0.2, 0.25) is 0 Å². The van der Waals surface area contributed by atoms with Gasteiger partial charge >= 0.3 is 11.7 Å². The third kappa shape index (κ3) is 2.86. The first-order chi connectivity index (χ1) is 11.0. The Morgan fingerprint density at radius 3 is 2.70 bits per heavy atom. The number of benzene rings is 1. The topological polar surface area (TPSA) is 104 Å². The highest BCUT2D eigenvalue weighted by Crippen LogP contribution is 2.30. The predicted octanol–water partition coefficient (Wildman–Crippen LogP) is 1.65. The number of hydrogen-bond acceptors (Lipinski definition) is 3. The van der Waals surface area contributed by atoms with Crippen molar-refractivity contribution in [1.29, 1.82) is 0 Å². The Bertz CT molecular complexity index is 814. The highest BCUT2D eigenvalue weighted by Gasteiger charge is 2.22. The lowest BCUT2D eigenvalue weighted by Gasteiger charge is -2.12. The molecule has 3 N–H and O–H groups in total. The molecule has 1 aliphatic carbocycles. The van der Waals surface area contributed by atoms with Crippen LogP contribution in [-0.2, 0) is 4.79 Å². The van der Waals surface area contributed by atoms with Crippen molar-refractivity contribution < 1.29 is 14.7 Å². The highest BCUT2D eigenvalue weighted by molar-refractivity contribution is 5.99. The van der Waals surface area contributed by atoms with Crippen molar-refractivity contribution in [2.24, 2.45) is 0 Å². The highest BCUT2D eigenvalue weighted by atomic mass is 16.4. The lowest BCUT2D eigenvalue weighted by molar-refractivity contribution is -0.138. The van der Waals surface area contributed by atoms with Gasteiger partial charge in [0.1, 0.15) is 6.04 Å². The summed E-state index contributed by atoms with van der Waals surface area (Å²) in [5, 5.41) is 11.2. The van der Waals surface area contributed by atoms with Crippen LogP contribution in [0.1, 0.15) is 49.0 Å². The standard InChI is InChI=1S/C16H19N3O4/c1-9(15(21)22)17-14(20)10-6-7-13-12(8-10)18-16(23)19(13)11-4-2-3-5-11/h6-9,11H,2-5H2,1H3,(H,17,20)(H,18,23)(H,21,22)/t9-/m1/s1. The number of fused-ring (bicyclic) bond motifs is 1. The average Bonchev–Trinajstić information content (AvgIpc) is 3.12. The molecule has 7 nitrogen and oxygen atoms in total. The van der Waals surface area contributed by atoms with Gasteiger partial charge in [0, 0.05) is 11.6 Å². The van der Waals surface area contributed by atoms with E-state index in [-0.39, 0.29) is 11.7 Å². The minimum absolute atomic E-state index is 0.164. The number of aliphatic carboxylic acids is 1. The van der Waals surface area contributed by atoms with Crippen molar-refractivity contribution in [3.05, 3.63) is 34.2 Å². The van der Waals surface area contributed by atoms with Gasteiger partial charge in [0.15, 0.2) is 0 Å². The molecular weight excluding hydrogens is 298 g/mol. The van der Waals surface area contributed by atoms with Crippen LogP contribution in [0.5, 0.6) is 0 Å². The fourth-order valence-corrected chi connectivity index (χ4v) is 3.14. The quantitative estimate of drug-likeness (QED) is 0.797. The summed E-state index contributed by atoms with van der Waals surface area (Å²) in [4.78, 5) is 37.9. The minimum atomic E-state index is -1.10. The van der Waals surface area contributed by atoms with Crippen LogP contribution in [0.2, 0.25) is 0 Å². The molecule has 1 aromatic heterocycles. The molecule has 1 fully saturated rings. The molecule has 1 aliphatic rings. The molecule has 0 bridgehead atoms. The van der Waals surface area contributed by atoms with E-state index in [2.05, 4.69) is 10.3 Å². The third-order valence-corrected chi connectivity index (χ3v) is 4.39. The van der Waals surface area contributed by atoms with Crippen LogP contribution in [-0.4, -0.2) is 32.6 Å². The van der Waals surface area contributed by atoms with Gasteiger partial charge in [-0.05, 0) is 38.0 Å². The lowest BCUT2D eigenvalue weighted by Crippen LogP contribution is -2.38. The number of hydrogen-bond donors (Lipinski definition) is 3. The van der Waals surface area contributed by atoms with E-state index in [4.69, 9.17) is 5.11 Å². The molecule has 1 saturated carbocycles. The Kier molecular flexibility index (Phi) is 3.94. The maximum atomic E-state index is 12.2. The van der Waals surface area contributed by atoms with Crippen LogP contribution in [0.4, 0.5) is 0 Å². The van der Waals surface area contributed by atoms with Gasteiger partial charge in [-0.2, -0.15) is 0 Å². The zero-order valence-electron chi connectivity index (χ0n) is 12.8. The first kappa shape index (κ1) is 15.3. The Morgan fingerprint density at radius 2 is 2.04 bits per heavy atom. The van der Waals surface area contributed by atoms with Gasteiger partial charge in [-0.1, -0.05) is 12.8 Å². The van der Waals surface area contributed by atoms with E-state index in [1.165, 1.54) is 6.92 Å². The first-order valence-corrected chi connectivity index (χ1v) is 7.75. The number of aromatic amines is 1. The molecule has 23 heavy (non-hydrogen) atoms. The summed E-state index contributed by atoms with van der Waals surface area (Å²) >= 11 is 0. The van der Waals surface area contributed by atoms with Gasteiger partial charge in [-0.3, -0.25) is 14.2 Å². The molecule has 0 unspecified atom stereocenters. The molecule has 0 radical (unpaired) electrons. The predicted molar refractivity (Wildman–Crippen MR) is 84.6 cm³/mol. The van der Waals surface area contributed by atoms with Gasteiger partial charge in [0.05, 0.1) is 11.0 Å². The van der Waals surface area contributed by atoms with Crippen LogP contribution in [0.25, 0.3) is 11.0 Å². The number of carbonyl (C=O) groups is 2. The normalized spacial score (nSPS) is 16.6. The molecule has 1 heterocycles. The number of carboxylic acid groups (broad SMARTS) is 1. The Labute approximate surface area is 132 Å². The molecule has 0 aliphatic heterocycles. The number of nitrogens with zero attached hydrogens (tertiary/aromatic N) is 1. The molecule has 0 spiro atoms. The summed E-state index contributed by atoms with van der Waals surface area (Å²) in [5.74, 6) is -1.57. The first-order valence-electron chi connectivity index (χ1n) is 7.75. The summed E-state index contributed by atoms with van der Waals surface area (Å²) in [5.41, 5.74) is 1.54. The molecule has 1 aromatic carbocycles. The fraction of sp³-hybridized carbons (Fsp3) is 0.438. The van der Waals surface area contributed by atoms with Crippen molar-refractivity contribution in [3.8, 4) is 0 Å². The summed E-state index contributed by atoms with van der Waals surface area (Å²) < 4.78 is 1.77. The monoisotopic (exact) mass is 317 g/mol. The largest absolute Gasteiger partial charge is 0.480 e. The molecule has 1 atom stereocenters. The van der Waals surface area contributed by atoms with Gasteiger partial charge in [0.25, 0.3) is 5.91 Å². The summed E-state index contributed by atoms with van der Waals surface area (Å²) in [6.45, 7) is 1.40. The molecule has 2 aromatic rings. The van der Waals surface area contributed by atoms with E-state index in [0.29, 0.717) is 11.1 Å². The van der Waals surface area contributed by atoms with E-state index < -0.39 is 17.9 Å². The zero-order valence-corrected chi connectivity index (χ0v) is 12.8. The SMILES string of the molecule is C[C@@H](NC(=O)c1ccc2c(c1)[nH]c(=O)n2C1CCCC1)C(=O)O. The molecule has 0 saturated heterocycles. The van der Waals surface area contributed by atoms with Crippen LogP contribution in [0.15, 0.2) is 23.0 Å². The second-order valence-electron chi connectivity index (χ2n) is 6.00. The number of amides is 1. The van der Waals surface area contributed by atoms with E-state index in [1.54, 1.807) is 22.8 Å². The maximum absolute atomic E-state index is 12.2. The van der Waals surface area contributed by atoms with Crippen molar-refractivity contribution in [1.82, 2.24) is 14.9 Å².